The zero-order valence-electron chi connectivity index (χ0n) is 10.6. The Balaban J connectivity index is 1.74. The second-order valence-corrected chi connectivity index (χ2v) is 3.95. The fourth-order valence-electron chi connectivity index (χ4n) is 1.59. The first-order valence-corrected chi connectivity index (χ1v) is 5.90. The number of benzene rings is 1. The second-order valence-electron chi connectivity index (χ2n) is 3.95. The van der Waals surface area contributed by atoms with Crippen molar-refractivity contribution in [3.8, 4) is 5.75 Å². The van der Waals surface area contributed by atoms with E-state index < -0.39 is 0 Å². The van der Waals surface area contributed by atoms with E-state index in [1.807, 2.05) is 24.3 Å². The number of rotatable bonds is 6. The van der Waals surface area contributed by atoms with Crippen LogP contribution in [-0.2, 0) is 17.6 Å². The third-order valence-electron chi connectivity index (χ3n) is 2.58. The zero-order chi connectivity index (χ0) is 13.5. The highest BCUT2D eigenvalue weighted by atomic mass is 16.5. The highest BCUT2D eigenvalue weighted by molar-refractivity contribution is 5.78. The van der Waals surface area contributed by atoms with Crippen molar-refractivity contribution < 1.29 is 9.53 Å². The number of carbonyl (C=O) groups is 1. The second kappa shape index (κ2) is 6.48. The summed E-state index contributed by atoms with van der Waals surface area (Å²) in [4.78, 5) is 11.7. The molecule has 7 nitrogen and oxygen atoms in total. The molecule has 1 aromatic carbocycles. The molecule has 0 unspecified atom stereocenters. The van der Waals surface area contributed by atoms with E-state index in [-0.39, 0.29) is 5.91 Å². The number of nitrogens with one attached hydrogen (secondary N) is 2. The van der Waals surface area contributed by atoms with Gasteiger partial charge in [0.2, 0.25) is 5.91 Å². The number of carbonyl (C=O) groups excluding carboxylic acids is 1. The Hall–Kier alpha value is -2.44. The maximum Gasteiger partial charge on any atom is 0.224 e. The van der Waals surface area contributed by atoms with E-state index in [0.29, 0.717) is 25.2 Å². The molecule has 0 aliphatic heterocycles. The molecule has 0 saturated heterocycles. The topological polar surface area (TPSA) is 92.8 Å². The van der Waals surface area contributed by atoms with Gasteiger partial charge in [0.15, 0.2) is 5.82 Å². The molecule has 0 spiro atoms. The van der Waals surface area contributed by atoms with E-state index >= 15 is 0 Å². The highest BCUT2D eigenvalue weighted by Gasteiger charge is 2.04. The van der Waals surface area contributed by atoms with Crippen LogP contribution in [-0.4, -0.2) is 40.2 Å². The molecule has 7 heteroatoms. The van der Waals surface area contributed by atoms with Gasteiger partial charge in [-0.05, 0) is 17.7 Å². The van der Waals surface area contributed by atoms with E-state index in [1.165, 1.54) is 0 Å². The number of hydrogen-bond donors (Lipinski definition) is 2. The molecular weight excluding hydrogens is 246 g/mol. The van der Waals surface area contributed by atoms with Crippen molar-refractivity contribution in [3.63, 3.8) is 0 Å². The van der Waals surface area contributed by atoms with Crippen molar-refractivity contribution in [2.24, 2.45) is 0 Å². The molecule has 0 saturated carbocycles. The predicted octanol–water partition coefficient (Wildman–Crippen LogP) is 0.110. The molecule has 0 aliphatic rings. The van der Waals surface area contributed by atoms with Gasteiger partial charge in [0, 0.05) is 13.0 Å². The van der Waals surface area contributed by atoms with E-state index in [2.05, 4.69) is 25.9 Å². The Bertz CT molecular complexity index is 509. The minimum absolute atomic E-state index is 0.0336. The quantitative estimate of drug-likeness (QED) is 0.770. The lowest BCUT2D eigenvalue weighted by atomic mass is 10.1. The summed E-state index contributed by atoms with van der Waals surface area (Å²) in [6, 6.07) is 7.42. The van der Waals surface area contributed by atoms with Gasteiger partial charge in [-0.3, -0.25) is 4.79 Å². The normalized spacial score (nSPS) is 10.2. The summed E-state index contributed by atoms with van der Waals surface area (Å²) < 4.78 is 5.06. The Labute approximate surface area is 110 Å². The number of tetrazole rings is 1. The Morgan fingerprint density at radius 1 is 1.37 bits per heavy atom. The van der Waals surface area contributed by atoms with Crippen LogP contribution in [0.1, 0.15) is 11.4 Å². The summed E-state index contributed by atoms with van der Waals surface area (Å²) in [5, 5.41) is 16.2. The maximum absolute atomic E-state index is 11.7. The summed E-state index contributed by atoms with van der Waals surface area (Å²) in [6.45, 7) is 0.495. The van der Waals surface area contributed by atoms with Crippen LogP contribution in [0.2, 0.25) is 0 Å². The van der Waals surface area contributed by atoms with Crippen LogP contribution >= 0.6 is 0 Å². The first kappa shape index (κ1) is 13.0. The van der Waals surface area contributed by atoms with Crippen molar-refractivity contribution in [2.45, 2.75) is 12.8 Å². The molecule has 2 N–H and O–H groups in total. The lowest BCUT2D eigenvalue weighted by molar-refractivity contribution is -0.120. The van der Waals surface area contributed by atoms with Gasteiger partial charge in [-0.2, -0.15) is 5.21 Å². The van der Waals surface area contributed by atoms with Gasteiger partial charge >= 0.3 is 0 Å². The average molecular weight is 261 g/mol. The molecule has 2 rings (SSSR count). The summed E-state index contributed by atoms with van der Waals surface area (Å²) >= 11 is 0. The molecule has 0 radical (unpaired) electrons. The highest BCUT2D eigenvalue weighted by Crippen LogP contribution is 2.11. The lowest BCUT2D eigenvalue weighted by Gasteiger charge is -2.05. The Morgan fingerprint density at radius 2 is 2.16 bits per heavy atom. The third kappa shape index (κ3) is 4.06. The van der Waals surface area contributed by atoms with Gasteiger partial charge in [0.05, 0.1) is 13.5 Å². The maximum atomic E-state index is 11.7. The average Bonchev–Trinajstić information content (AvgIpc) is 2.93. The van der Waals surface area contributed by atoms with E-state index in [9.17, 15) is 4.79 Å². The van der Waals surface area contributed by atoms with Gasteiger partial charge in [0.25, 0.3) is 0 Å². The monoisotopic (exact) mass is 261 g/mol. The summed E-state index contributed by atoms with van der Waals surface area (Å²) in [7, 11) is 1.61. The first-order valence-electron chi connectivity index (χ1n) is 5.90. The van der Waals surface area contributed by atoms with Crippen molar-refractivity contribution in [1.29, 1.82) is 0 Å². The number of nitrogens with zero attached hydrogens (tertiary/aromatic N) is 3. The Morgan fingerprint density at radius 3 is 2.79 bits per heavy atom. The number of methoxy groups -OCH3 is 1. The van der Waals surface area contributed by atoms with Gasteiger partial charge < -0.3 is 10.1 Å². The molecule has 100 valence electrons. The van der Waals surface area contributed by atoms with Crippen molar-refractivity contribution in [1.82, 2.24) is 25.9 Å². The van der Waals surface area contributed by atoms with E-state index in [0.717, 1.165) is 11.3 Å². The number of ether oxygens (including phenoxy) is 1. The summed E-state index contributed by atoms with van der Waals surface area (Å²) in [6.07, 6.45) is 0.904. The predicted molar refractivity (Wildman–Crippen MR) is 67.6 cm³/mol. The van der Waals surface area contributed by atoms with Crippen molar-refractivity contribution >= 4 is 5.91 Å². The molecule has 0 fully saturated rings. The van der Waals surface area contributed by atoms with Crippen LogP contribution in [0.15, 0.2) is 24.3 Å². The van der Waals surface area contributed by atoms with Crippen molar-refractivity contribution in [3.05, 3.63) is 35.7 Å². The molecule has 1 amide bonds. The summed E-state index contributed by atoms with van der Waals surface area (Å²) in [5.74, 6) is 1.33. The number of aromatic nitrogens is 4. The number of amides is 1. The van der Waals surface area contributed by atoms with Crippen LogP contribution in [0.5, 0.6) is 5.75 Å². The van der Waals surface area contributed by atoms with E-state index in [4.69, 9.17) is 4.74 Å². The molecule has 1 aromatic heterocycles. The van der Waals surface area contributed by atoms with Gasteiger partial charge in [-0.25, -0.2) is 0 Å². The van der Waals surface area contributed by atoms with Gasteiger partial charge in [-0.15, -0.1) is 10.2 Å². The van der Waals surface area contributed by atoms with Crippen LogP contribution in [0, 0.1) is 0 Å². The Kier molecular flexibility index (Phi) is 4.44. The van der Waals surface area contributed by atoms with Crippen LogP contribution in [0.4, 0.5) is 0 Å². The smallest absolute Gasteiger partial charge is 0.224 e. The fraction of sp³-hybridized carbons (Fsp3) is 0.333. The molecular formula is C12H15N5O2. The number of H-pyrrole nitrogens is 1. The molecule has 2 aromatic rings. The minimum atomic E-state index is -0.0336. The molecule has 1 heterocycles. The first-order chi connectivity index (χ1) is 9.28. The third-order valence-corrected chi connectivity index (χ3v) is 2.58. The van der Waals surface area contributed by atoms with E-state index in [1.54, 1.807) is 7.11 Å². The molecule has 0 bridgehead atoms. The number of hydrogen-bond acceptors (Lipinski definition) is 5. The molecule has 0 aliphatic carbocycles. The number of aromatic amines is 1. The van der Waals surface area contributed by atoms with Crippen LogP contribution in [0.25, 0.3) is 0 Å². The van der Waals surface area contributed by atoms with Crippen LogP contribution in [0.3, 0.4) is 0 Å². The minimum Gasteiger partial charge on any atom is -0.497 e. The zero-order valence-corrected chi connectivity index (χ0v) is 10.6. The lowest BCUT2D eigenvalue weighted by Crippen LogP contribution is -2.27. The SMILES string of the molecule is COc1ccc(CC(=O)NCCc2nn[nH]n2)cc1. The molecule has 19 heavy (non-hydrogen) atoms. The van der Waals surface area contributed by atoms with Crippen molar-refractivity contribution in [2.75, 3.05) is 13.7 Å². The van der Waals surface area contributed by atoms with Crippen LogP contribution < -0.4 is 10.1 Å². The largest absolute Gasteiger partial charge is 0.497 e. The summed E-state index contributed by atoms with van der Waals surface area (Å²) in [5.41, 5.74) is 0.942. The standard InChI is InChI=1S/C12H15N5O2/c1-19-10-4-2-9(3-5-10)8-12(18)13-7-6-11-14-16-17-15-11/h2-5H,6-8H2,1H3,(H,13,18)(H,14,15,16,17). The van der Waals surface area contributed by atoms with Gasteiger partial charge in [0.1, 0.15) is 5.75 Å². The van der Waals surface area contributed by atoms with Gasteiger partial charge in [-0.1, -0.05) is 17.3 Å². The molecule has 0 atom stereocenters. The fourth-order valence-corrected chi connectivity index (χ4v) is 1.59.